The fraction of sp³-hybridized carbons (Fsp3) is 0.467. The summed E-state index contributed by atoms with van der Waals surface area (Å²) in [5.74, 6) is 1.03. The summed E-state index contributed by atoms with van der Waals surface area (Å²) in [6.07, 6.45) is 2.52. The van der Waals surface area contributed by atoms with Crippen LogP contribution in [0.15, 0.2) is 22.6 Å². The molecule has 1 saturated carbocycles. The third-order valence-electron chi connectivity index (χ3n) is 3.93. The summed E-state index contributed by atoms with van der Waals surface area (Å²) in [6.45, 7) is 8.19. The summed E-state index contributed by atoms with van der Waals surface area (Å²) >= 11 is 15.3. The van der Waals surface area contributed by atoms with Gasteiger partial charge in [-0.15, -0.1) is 41.1 Å². The van der Waals surface area contributed by atoms with E-state index in [9.17, 15) is 4.79 Å². The normalized spacial score (nSPS) is 19.5. The highest BCUT2D eigenvalue weighted by Crippen LogP contribution is 2.54. The number of halogens is 2. The molecule has 0 N–H and O–H groups in total. The van der Waals surface area contributed by atoms with Crippen molar-refractivity contribution in [3.63, 3.8) is 0 Å². The minimum atomic E-state index is -0.600. The molecule has 22 heavy (non-hydrogen) atoms. The van der Waals surface area contributed by atoms with Crippen LogP contribution in [-0.4, -0.2) is 19.6 Å². The highest BCUT2D eigenvalue weighted by Gasteiger charge is 2.51. The standard InChI is InChI=1S/C15H16Cl2N2OS2/c1-4-5-19-13(20)11-8(2)9(3)22-12(11)18-14(19)21-7-10-6-15(10,16)17/h4,10H,1,5-7H2,2-3H3. The number of hydrogen-bond acceptors (Lipinski definition) is 4. The van der Waals surface area contributed by atoms with Gasteiger partial charge in [0.25, 0.3) is 5.56 Å². The molecule has 2 aromatic rings. The van der Waals surface area contributed by atoms with Crippen LogP contribution in [0.4, 0.5) is 0 Å². The van der Waals surface area contributed by atoms with E-state index in [1.54, 1.807) is 33.7 Å². The van der Waals surface area contributed by atoms with Crippen molar-refractivity contribution in [2.24, 2.45) is 5.92 Å². The van der Waals surface area contributed by atoms with E-state index < -0.39 is 4.33 Å². The Morgan fingerprint density at radius 2 is 2.23 bits per heavy atom. The number of thiophene rings is 1. The van der Waals surface area contributed by atoms with E-state index in [-0.39, 0.29) is 11.5 Å². The molecular weight excluding hydrogens is 359 g/mol. The summed E-state index contributed by atoms with van der Waals surface area (Å²) in [5, 5.41) is 1.44. The topological polar surface area (TPSA) is 34.9 Å². The van der Waals surface area contributed by atoms with Gasteiger partial charge >= 0.3 is 0 Å². The predicted octanol–water partition coefficient (Wildman–Crippen LogP) is 4.55. The maximum Gasteiger partial charge on any atom is 0.263 e. The number of allylic oxidation sites excluding steroid dienone is 1. The summed E-state index contributed by atoms with van der Waals surface area (Å²) in [4.78, 5) is 19.4. The van der Waals surface area contributed by atoms with Crippen molar-refractivity contribution in [2.45, 2.75) is 36.3 Å². The number of fused-ring (bicyclic) bond motifs is 1. The van der Waals surface area contributed by atoms with Gasteiger partial charge in [0.2, 0.25) is 0 Å². The molecule has 1 aliphatic rings. The average Bonchev–Trinajstić information content (AvgIpc) is 2.96. The Hall–Kier alpha value is -0.490. The molecule has 3 rings (SSSR count). The lowest BCUT2D eigenvalue weighted by Crippen LogP contribution is -2.22. The summed E-state index contributed by atoms with van der Waals surface area (Å²) in [7, 11) is 0. The molecule has 0 amide bonds. The van der Waals surface area contributed by atoms with Crippen LogP contribution in [0.1, 0.15) is 16.9 Å². The van der Waals surface area contributed by atoms with Crippen LogP contribution in [0.5, 0.6) is 0 Å². The smallest absolute Gasteiger partial charge is 0.263 e. The van der Waals surface area contributed by atoms with Crippen LogP contribution >= 0.6 is 46.3 Å². The van der Waals surface area contributed by atoms with Crippen LogP contribution in [-0.2, 0) is 6.54 Å². The van der Waals surface area contributed by atoms with Crippen molar-refractivity contribution < 1.29 is 0 Å². The lowest BCUT2D eigenvalue weighted by Gasteiger charge is -2.10. The molecule has 2 aromatic heterocycles. The lowest BCUT2D eigenvalue weighted by molar-refractivity contribution is 0.671. The second-order valence-corrected chi connectivity index (χ2v) is 9.27. The van der Waals surface area contributed by atoms with Crippen LogP contribution in [0.25, 0.3) is 10.2 Å². The molecule has 1 unspecified atom stereocenters. The fourth-order valence-corrected chi connectivity index (χ4v) is 5.34. The van der Waals surface area contributed by atoms with Gasteiger partial charge in [-0.2, -0.15) is 0 Å². The fourth-order valence-electron chi connectivity index (χ4n) is 2.33. The Morgan fingerprint density at radius 1 is 1.55 bits per heavy atom. The molecule has 1 atom stereocenters. The number of nitrogens with zero attached hydrogens (tertiary/aromatic N) is 2. The molecule has 0 aliphatic heterocycles. The van der Waals surface area contributed by atoms with E-state index in [1.165, 1.54) is 0 Å². The zero-order valence-electron chi connectivity index (χ0n) is 12.4. The Morgan fingerprint density at radius 3 is 2.82 bits per heavy atom. The van der Waals surface area contributed by atoms with Crippen molar-refractivity contribution >= 4 is 56.5 Å². The number of alkyl halides is 2. The van der Waals surface area contributed by atoms with Gasteiger partial charge in [0.05, 0.1) is 5.39 Å². The van der Waals surface area contributed by atoms with E-state index in [0.29, 0.717) is 6.54 Å². The minimum absolute atomic E-state index is 0.00746. The molecule has 118 valence electrons. The molecule has 1 aliphatic carbocycles. The van der Waals surface area contributed by atoms with Gasteiger partial charge in [0.15, 0.2) is 5.16 Å². The number of rotatable bonds is 5. The third kappa shape index (κ3) is 2.84. The van der Waals surface area contributed by atoms with Crippen LogP contribution in [0.3, 0.4) is 0 Å². The molecule has 0 spiro atoms. The molecule has 1 fully saturated rings. The van der Waals surface area contributed by atoms with Crippen LogP contribution in [0.2, 0.25) is 0 Å². The first kappa shape index (κ1) is 16.4. The second kappa shape index (κ2) is 5.86. The molecule has 7 heteroatoms. The van der Waals surface area contributed by atoms with Gasteiger partial charge in [0, 0.05) is 23.1 Å². The molecule has 0 aromatic carbocycles. The zero-order valence-corrected chi connectivity index (χ0v) is 15.5. The average molecular weight is 375 g/mol. The minimum Gasteiger partial charge on any atom is -0.283 e. The van der Waals surface area contributed by atoms with Crippen molar-refractivity contribution in [1.82, 2.24) is 9.55 Å². The zero-order chi connectivity index (χ0) is 16.1. The molecular formula is C15H16Cl2N2OS2. The quantitative estimate of drug-likeness (QED) is 0.333. The highest BCUT2D eigenvalue weighted by molar-refractivity contribution is 7.99. The first-order valence-electron chi connectivity index (χ1n) is 6.97. The van der Waals surface area contributed by atoms with Gasteiger partial charge < -0.3 is 0 Å². The van der Waals surface area contributed by atoms with Crippen molar-refractivity contribution in [3.8, 4) is 0 Å². The van der Waals surface area contributed by atoms with Crippen molar-refractivity contribution in [2.75, 3.05) is 5.75 Å². The Kier molecular flexibility index (Phi) is 4.36. The van der Waals surface area contributed by atoms with E-state index in [2.05, 4.69) is 6.58 Å². The third-order valence-corrected chi connectivity index (χ3v) is 7.10. The molecule has 3 nitrogen and oxygen atoms in total. The number of aryl methyl sites for hydroxylation is 2. The SMILES string of the molecule is C=CCn1c(SCC2CC2(Cl)Cl)nc2sc(C)c(C)c2c1=O. The predicted molar refractivity (Wildman–Crippen MR) is 96.8 cm³/mol. The van der Waals surface area contributed by atoms with Crippen LogP contribution in [0, 0.1) is 19.8 Å². The summed E-state index contributed by atoms with van der Waals surface area (Å²) in [5.41, 5.74) is 1.03. The van der Waals surface area contributed by atoms with Gasteiger partial charge in [-0.25, -0.2) is 4.98 Å². The lowest BCUT2D eigenvalue weighted by atomic mass is 10.2. The molecule has 0 bridgehead atoms. The van der Waals surface area contributed by atoms with E-state index in [4.69, 9.17) is 28.2 Å². The first-order chi connectivity index (χ1) is 10.3. The van der Waals surface area contributed by atoms with Crippen molar-refractivity contribution in [3.05, 3.63) is 33.4 Å². The van der Waals surface area contributed by atoms with Gasteiger partial charge in [0.1, 0.15) is 9.16 Å². The monoisotopic (exact) mass is 374 g/mol. The maximum atomic E-state index is 12.8. The van der Waals surface area contributed by atoms with Crippen LogP contribution < -0.4 is 5.56 Å². The summed E-state index contributed by atoms with van der Waals surface area (Å²) in [6, 6.07) is 0. The van der Waals surface area contributed by atoms with Gasteiger partial charge in [-0.05, 0) is 25.8 Å². The first-order valence-corrected chi connectivity index (χ1v) is 9.53. The Balaban J connectivity index is 2.02. The maximum absolute atomic E-state index is 12.8. The molecule has 2 heterocycles. The number of hydrogen-bond donors (Lipinski definition) is 0. The van der Waals surface area contributed by atoms with E-state index in [1.807, 2.05) is 13.8 Å². The van der Waals surface area contributed by atoms with E-state index >= 15 is 0 Å². The number of aromatic nitrogens is 2. The van der Waals surface area contributed by atoms with Gasteiger partial charge in [-0.1, -0.05) is 17.8 Å². The number of thioether (sulfide) groups is 1. The molecule has 0 radical (unpaired) electrons. The summed E-state index contributed by atoms with van der Waals surface area (Å²) < 4.78 is 1.09. The Labute approximate surface area is 147 Å². The van der Waals surface area contributed by atoms with Crippen molar-refractivity contribution in [1.29, 1.82) is 0 Å². The Bertz CT molecular complexity index is 810. The van der Waals surface area contributed by atoms with E-state index in [0.717, 1.165) is 38.0 Å². The largest absolute Gasteiger partial charge is 0.283 e. The highest BCUT2D eigenvalue weighted by atomic mass is 35.5. The van der Waals surface area contributed by atoms with Gasteiger partial charge in [-0.3, -0.25) is 9.36 Å². The second-order valence-electron chi connectivity index (χ2n) is 5.54. The molecule has 0 saturated heterocycles.